The number of rotatable bonds is 2. The zero-order valence-electron chi connectivity index (χ0n) is 6.67. The van der Waals surface area contributed by atoms with Gasteiger partial charge in [0.1, 0.15) is 0 Å². The van der Waals surface area contributed by atoms with Crippen molar-refractivity contribution in [2.75, 3.05) is 0 Å². The first-order valence-corrected chi connectivity index (χ1v) is 5.50. The zero-order chi connectivity index (χ0) is 7.71. The van der Waals surface area contributed by atoms with Crippen LogP contribution in [0, 0.1) is 0 Å². The van der Waals surface area contributed by atoms with Gasteiger partial charge in [0, 0.05) is 0 Å². The SMILES string of the molecule is [K+].[Na+].[Na+].[O]=[Cr](=[O])([O-])[O][Cr](=[O])(=[O])[O-]. The molecule has 0 aliphatic rings. The Bertz CT molecular complexity index is 245. The monoisotopic (exact) mass is 301 g/mol. The molecule has 56 valence electrons. The third kappa shape index (κ3) is 23.5. The molecule has 0 amide bonds. The van der Waals surface area contributed by atoms with Crippen LogP contribution in [0.5, 0.6) is 0 Å². The van der Waals surface area contributed by atoms with Crippen molar-refractivity contribution in [3.8, 4) is 0 Å². The second-order valence-corrected chi connectivity index (χ2v) is 4.52. The van der Waals surface area contributed by atoms with E-state index < -0.39 is 27.2 Å². The molecule has 0 bridgehead atoms. The van der Waals surface area contributed by atoms with Crippen LogP contribution >= 0.6 is 0 Å². The Morgan fingerprint density at radius 3 is 1.00 bits per heavy atom. The number of hydrogen-bond acceptors (Lipinski definition) is 7. The molecule has 0 aliphatic carbocycles. The second kappa shape index (κ2) is 9.97. The summed E-state index contributed by atoms with van der Waals surface area (Å²) in [5.74, 6) is 0. The molecule has 0 spiro atoms. The van der Waals surface area contributed by atoms with Crippen LogP contribution in [-0.4, -0.2) is 0 Å². The van der Waals surface area contributed by atoms with Gasteiger partial charge in [0.15, 0.2) is 0 Å². The molecule has 0 heterocycles. The fraction of sp³-hybridized carbons (Fsp3) is 0. The molecule has 0 aromatic heterocycles. The fourth-order valence-corrected chi connectivity index (χ4v) is 1.74. The summed E-state index contributed by atoms with van der Waals surface area (Å²) in [6.07, 6.45) is 0. The molecule has 0 unspecified atom stereocenters. The molecule has 0 N–H and O–H groups in total. The topological polar surface area (TPSA) is 124 Å². The van der Waals surface area contributed by atoms with Gasteiger partial charge in [-0.1, -0.05) is 0 Å². The average Bonchev–Trinajstić information content (AvgIpc) is 1.14. The summed E-state index contributed by atoms with van der Waals surface area (Å²) in [6, 6.07) is 0. The van der Waals surface area contributed by atoms with Crippen LogP contribution in [0.3, 0.4) is 0 Å². The molecule has 7 nitrogen and oxygen atoms in total. The minimum absolute atomic E-state index is 0. The summed E-state index contributed by atoms with van der Waals surface area (Å²) < 4.78 is 58.9. The Kier molecular flexibility index (Phi) is 20.6. The van der Waals surface area contributed by atoms with E-state index in [0.717, 1.165) is 0 Å². The summed E-state index contributed by atoms with van der Waals surface area (Å²) in [6.45, 7) is 0. The van der Waals surface area contributed by atoms with E-state index in [1.807, 2.05) is 0 Å². The number of hydrogen-bond donors (Lipinski definition) is 0. The van der Waals surface area contributed by atoms with Crippen LogP contribution in [0.4, 0.5) is 0 Å². The molecular formula is Cr2KNa2O7+. The summed E-state index contributed by atoms with van der Waals surface area (Å²) in [5, 5.41) is 0. The van der Waals surface area contributed by atoms with Crippen LogP contribution in [0.2, 0.25) is 0 Å². The van der Waals surface area contributed by atoms with E-state index in [2.05, 4.69) is 2.84 Å². The minimum atomic E-state index is -6.07. The Balaban J connectivity index is -0.000000107. The molecule has 12 heteroatoms. The van der Waals surface area contributed by atoms with Crippen LogP contribution in [-0.2, 0) is 45.3 Å². The van der Waals surface area contributed by atoms with Crippen LogP contribution in [0.15, 0.2) is 0 Å². The molecule has 0 atom stereocenters. The molecule has 0 fully saturated rings. The third-order valence-electron chi connectivity index (χ3n) is 0.167. The van der Waals surface area contributed by atoms with E-state index in [-0.39, 0.29) is 110 Å². The molecule has 0 rings (SSSR count). The zero-order valence-corrected chi connectivity index (χ0v) is 16.3. The average molecular weight is 301 g/mol. The predicted molar refractivity (Wildman–Crippen MR) is 3.83 cm³/mol. The molecule has 0 aliphatic heterocycles. The fourth-order valence-electron chi connectivity index (χ4n) is 0.102. The van der Waals surface area contributed by atoms with Gasteiger partial charge < -0.3 is 0 Å². The quantitative estimate of drug-likeness (QED) is 0.464. The Morgan fingerprint density at radius 1 is 0.833 bits per heavy atom. The third-order valence-corrected chi connectivity index (χ3v) is 2.83. The molecule has 0 aromatic rings. The first-order chi connectivity index (χ1) is 3.71. The Labute approximate surface area is 160 Å². The normalized spacial score (nSPS) is 10.2. The second-order valence-electron chi connectivity index (χ2n) is 0.885. The van der Waals surface area contributed by atoms with Crippen molar-refractivity contribution in [1.29, 1.82) is 0 Å². The van der Waals surface area contributed by atoms with Crippen LogP contribution in [0.1, 0.15) is 0 Å². The van der Waals surface area contributed by atoms with Crippen molar-refractivity contribution < 1.29 is 164 Å². The Hall–Kier alpha value is 3.78. The summed E-state index contributed by atoms with van der Waals surface area (Å²) in [5.41, 5.74) is 0. The van der Waals surface area contributed by atoms with Gasteiger partial charge in [0.25, 0.3) is 0 Å². The molecule has 12 heavy (non-hydrogen) atoms. The van der Waals surface area contributed by atoms with Gasteiger partial charge in [-0.25, -0.2) is 0 Å². The van der Waals surface area contributed by atoms with Crippen LogP contribution in [0.25, 0.3) is 0 Å². The van der Waals surface area contributed by atoms with Gasteiger partial charge in [0.05, 0.1) is 0 Å². The maximum atomic E-state index is 9.38. The van der Waals surface area contributed by atoms with E-state index in [4.69, 9.17) is 0 Å². The summed E-state index contributed by atoms with van der Waals surface area (Å²) in [7, 11) is 0. The van der Waals surface area contributed by atoms with Crippen molar-refractivity contribution in [1.82, 2.24) is 0 Å². The molecule has 0 radical (unpaired) electrons. The van der Waals surface area contributed by atoms with Crippen molar-refractivity contribution in [2.45, 2.75) is 0 Å². The standard InChI is InChI=1S/2Cr.K.2Na.7O/q;;3*+1;;;;;;2*-1. The van der Waals surface area contributed by atoms with Crippen molar-refractivity contribution >= 4 is 0 Å². The van der Waals surface area contributed by atoms with Crippen molar-refractivity contribution in [3.63, 3.8) is 0 Å². The van der Waals surface area contributed by atoms with Gasteiger partial charge in [-0.05, 0) is 0 Å². The molecule has 0 saturated carbocycles. The summed E-state index contributed by atoms with van der Waals surface area (Å²) >= 11 is -12.1. The molecule has 0 aromatic carbocycles. The van der Waals surface area contributed by atoms with Crippen molar-refractivity contribution in [2.24, 2.45) is 0 Å². The van der Waals surface area contributed by atoms with E-state index in [1.165, 1.54) is 0 Å². The van der Waals surface area contributed by atoms with Gasteiger partial charge in [-0.3, -0.25) is 0 Å². The predicted octanol–water partition coefficient (Wildman–Crippen LogP) is -11.9. The van der Waals surface area contributed by atoms with E-state index in [1.54, 1.807) is 0 Å². The van der Waals surface area contributed by atoms with Gasteiger partial charge in [-0.2, -0.15) is 0 Å². The van der Waals surface area contributed by atoms with Gasteiger partial charge in [-0.15, -0.1) is 0 Å². The summed E-state index contributed by atoms with van der Waals surface area (Å²) in [4.78, 5) is 0. The molecule has 0 saturated heterocycles. The van der Waals surface area contributed by atoms with Gasteiger partial charge >= 0.3 is 164 Å². The van der Waals surface area contributed by atoms with Crippen LogP contribution < -0.4 is 119 Å². The maximum absolute atomic E-state index is 9.38. The van der Waals surface area contributed by atoms with E-state index >= 15 is 0 Å². The van der Waals surface area contributed by atoms with Gasteiger partial charge in [0.2, 0.25) is 0 Å². The first kappa shape index (κ1) is 24.8. The Morgan fingerprint density at radius 2 is 1.00 bits per heavy atom. The van der Waals surface area contributed by atoms with E-state index in [0.29, 0.717) is 0 Å². The van der Waals surface area contributed by atoms with E-state index in [9.17, 15) is 23.5 Å². The molecular weight excluding hydrogens is 301 g/mol. The van der Waals surface area contributed by atoms with Crippen molar-refractivity contribution in [3.05, 3.63) is 0 Å². The first-order valence-electron chi connectivity index (χ1n) is 1.33.